The van der Waals surface area contributed by atoms with Gasteiger partial charge < -0.3 is 9.47 Å². The van der Waals surface area contributed by atoms with Crippen molar-refractivity contribution in [2.75, 3.05) is 0 Å². The zero-order chi connectivity index (χ0) is 20.6. The summed E-state index contributed by atoms with van der Waals surface area (Å²) >= 11 is 0. The largest absolute Gasteiger partial charge is 0.521 e. The van der Waals surface area contributed by atoms with E-state index in [-0.39, 0.29) is 11.4 Å². The molecule has 0 radical (unpaired) electrons. The number of hydrogen-bond acceptors (Lipinski definition) is 6. The van der Waals surface area contributed by atoms with Crippen LogP contribution in [-0.4, -0.2) is 17.0 Å². The summed E-state index contributed by atoms with van der Waals surface area (Å²) < 4.78 is 9.79. The van der Waals surface area contributed by atoms with Gasteiger partial charge in [-0.3, -0.25) is 10.1 Å². The summed E-state index contributed by atoms with van der Waals surface area (Å²) in [6, 6.07) is 21.4. The smallest absolute Gasteiger partial charge is 0.394 e. The second-order valence-corrected chi connectivity index (χ2v) is 5.82. The molecule has 0 aromatic heterocycles. The van der Waals surface area contributed by atoms with Crippen LogP contribution in [0.4, 0.5) is 10.5 Å². The fourth-order valence-electron chi connectivity index (χ4n) is 2.51. The normalized spacial score (nSPS) is 10.5. The van der Waals surface area contributed by atoms with Crippen LogP contribution in [0.1, 0.15) is 5.56 Å². The quantitative estimate of drug-likeness (QED) is 0.152. The third-order valence-corrected chi connectivity index (χ3v) is 3.86. The molecule has 3 rings (SSSR count). The lowest BCUT2D eigenvalue weighted by Gasteiger charge is -2.09. The molecule has 0 aliphatic heterocycles. The minimum atomic E-state index is -1.18. The number of non-ortho nitro benzene ring substituents is 1. The SMILES string of the molecule is O=C(C=Cc1ccccc1)OC(=O)Oc1ccccc1-c1ccc([N+](=O)[O-])cc1. The number of nitrogens with zero attached hydrogens (tertiary/aromatic N) is 1. The Labute approximate surface area is 166 Å². The van der Waals surface area contributed by atoms with Gasteiger partial charge in [-0.15, -0.1) is 0 Å². The summed E-state index contributed by atoms with van der Waals surface area (Å²) in [5.74, 6) is -0.710. The highest BCUT2D eigenvalue weighted by Gasteiger charge is 2.15. The Balaban J connectivity index is 1.68. The summed E-state index contributed by atoms with van der Waals surface area (Å²) in [6.45, 7) is 0. The molecule has 0 amide bonds. The number of ether oxygens (including phenoxy) is 2. The van der Waals surface area contributed by atoms with Gasteiger partial charge in [0.25, 0.3) is 5.69 Å². The molecule has 0 unspecified atom stereocenters. The number of carbonyl (C=O) groups is 2. The van der Waals surface area contributed by atoms with Gasteiger partial charge >= 0.3 is 12.1 Å². The second-order valence-electron chi connectivity index (χ2n) is 5.82. The predicted octanol–water partition coefficient (Wildman–Crippen LogP) is 5.02. The van der Waals surface area contributed by atoms with E-state index in [2.05, 4.69) is 4.74 Å². The Bertz CT molecular complexity index is 1060. The van der Waals surface area contributed by atoms with Gasteiger partial charge in [-0.2, -0.15) is 0 Å². The van der Waals surface area contributed by atoms with Gasteiger partial charge in [-0.1, -0.05) is 48.5 Å². The number of para-hydroxylation sites is 1. The van der Waals surface area contributed by atoms with Crippen molar-refractivity contribution < 1.29 is 24.0 Å². The zero-order valence-corrected chi connectivity index (χ0v) is 15.1. The molecular weight excluding hydrogens is 374 g/mol. The summed E-state index contributed by atoms with van der Waals surface area (Å²) in [5.41, 5.74) is 1.85. The molecule has 0 saturated heterocycles. The van der Waals surface area contributed by atoms with Crippen molar-refractivity contribution in [1.29, 1.82) is 0 Å². The summed E-state index contributed by atoms with van der Waals surface area (Å²) in [5, 5.41) is 10.8. The Morgan fingerprint density at radius 1 is 0.862 bits per heavy atom. The van der Waals surface area contributed by atoms with Crippen LogP contribution in [0.25, 0.3) is 17.2 Å². The van der Waals surface area contributed by atoms with E-state index >= 15 is 0 Å². The molecular formula is C22H15NO6. The van der Waals surface area contributed by atoms with Crippen molar-refractivity contribution in [1.82, 2.24) is 0 Å². The van der Waals surface area contributed by atoms with E-state index in [1.165, 1.54) is 24.3 Å². The monoisotopic (exact) mass is 389 g/mol. The topological polar surface area (TPSA) is 95.7 Å². The Morgan fingerprint density at radius 3 is 2.21 bits per heavy atom. The van der Waals surface area contributed by atoms with Crippen molar-refractivity contribution in [3.8, 4) is 16.9 Å². The molecule has 0 heterocycles. The van der Waals surface area contributed by atoms with Crippen LogP contribution in [0.2, 0.25) is 0 Å². The molecule has 0 spiro atoms. The molecule has 0 bridgehead atoms. The highest BCUT2D eigenvalue weighted by atomic mass is 16.7. The fourth-order valence-corrected chi connectivity index (χ4v) is 2.51. The number of carbonyl (C=O) groups excluding carboxylic acids is 2. The number of esters is 1. The predicted molar refractivity (Wildman–Crippen MR) is 106 cm³/mol. The minimum Gasteiger partial charge on any atom is -0.394 e. The highest BCUT2D eigenvalue weighted by Crippen LogP contribution is 2.31. The fraction of sp³-hybridized carbons (Fsp3) is 0. The van der Waals surface area contributed by atoms with Gasteiger partial charge in [-0.25, -0.2) is 9.59 Å². The summed E-state index contributed by atoms with van der Waals surface area (Å²) in [7, 11) is 0. The highest BCUT2D eigenvalue weighted by molar-refractivity contribution is 5.93. The van der Waals surface area contributed by atoms with Gasteiger partial charge in [0.2, 0.25) is 0 Å². The van der Waals surface area contributed by atoms with Gasteiger partial charge in [0, 0.05) is 23.8 Å². The lowest BCUT2D eigenvalue weighted by Crippen LogP contribution is -2.15. The van der Waals surface area contributed by atoms with Gasteiger partial charge in [0.05, 0.1) is 4.92 Å². The first kappa shape index (κ1) is 19.5. The van der Waals surface area contributed by atoms with E-state index in [0.29, 0.717) is 11.1 Å². The Morgan fingerprint density at radius 2 is 1.52 bits per heavy atom. The average molecular weight is 389 g/mol. The number of hydrogen-bond donors (Lipinski definition) is 0. The minimum absolute atomic E-state index is 0.0534. The number of nitro groups is 1. The zero-order valence-electron chi connectivity index (χ0n) is 15.1. The first-order valence-corrected chi connectivity index (χ1v) is 8.53. The number of benzene rings is 3. The van der Waals surface area contributed by atoms with Crippen LogP contribution in [-0.2, 0) is 9.53 Å². The molecule has 0 atom stereocenters. The molecule has 3 aromatic carbocycles. The van der Waals surface area contributed by atoms with E-state index in [4.69, 9.17) is 4.74 Å². The van der Waals surface area contributed by atoms with Gasteiger partial charge in [0.1, 0.15) is 5.75 Å². The van der Waals surface area contributed by atoms with Gasteiger partial charge in [-0.05, 0) is 35.4 Å². The first-order valence-electron chi connectivity index (χ1n) is 8.53. The lowest BCUT2D eigenvalue weighted by molar-refractivity contribution is -0.384. The van der Waals surface area contributed by atoms with Crippen molar-refractivity contribution >= 4 is 23.9 Å². The third kappa shape index (κ3) is 5.36. The maximum Gasteiger partial charge on any atom is 0.521 e. The molecule has 3 aromatic rings. The van der Waals surface area contributed by atoms with E-state index in [0.717, 1.165) is 11.6 Å². The van der Waals surface area contributed by atoms with Crippen LogP contribution < -0.4 is 4.74 Å². The number of rotatable bonds is 5. The summed E-state index contributed by atoms with van der Waals surface area (Å²) in [4.78, 5) is 34.1. The second kappa shape index (κ2) is 9.09. The molecule has 0 fully saturated rings. The molecule has 0 aliphatic rings. The van der Waals surface area contributed by atoms with Crippen molar-refractivity contribution in [2.45, 2.75) is 0 Å². The molecule has 7 nitrogen and oxygen atoms in total. The summed E-state index contributed by atoms with van der Waals surface area (Å²) in [6.07, 6.45) is 1.46. The van der Waals surface area contributed by atoms with Crippen LogP contribution >= 0.6 is 0 Å². The van der Waals surface area contributed by atoms with Crippen molar-refractivity contribution in [3.63, 3.8) is 0 Å². The molecule has 0 N–H and O–H groups in total. The molecule has 0 aliphatic carbocycles. The van der Waals surface area contributed by atoms with E-state index in [9.17, 15) is 19.7 Å². The first-order chi connectivity index (χ1) is 14.0. The average Bonchev–Trinajstić information content (AvgIpc) is 2.73. The lowest BCUT2D eigenvalue weighted by atomic mass is 10.0. The van der Waals surface area contributed by atoms with Gasteiger partial charge in [0.15, 0.2) is 0 Å². The van der Waals surface area contributed by atoms with Crippen LogP contribution in [0.15, 0.2) is 84.9 Å². The van der Waals surface area contributed by atoms with Crippen LogP contribution in [0.3, 0.4) is 0 Å². The van der Waals surface area contributed by atoms with E-state index in [1.807, 2.05) is 18.2 Å². The number of nitro benzene ring substituents is 1. The Hall–Kier alpha value is -4.26. The molecule has 0 saturated carbocycles. The molecule has 29 heavy (non-hydrogen) atoms. The van der Waals surface area contributed by atoms with Crippen molar-refractivity contribution in [2.24, 2.45) is 0 Å². The molecule has 7 heteroatoms. The van der Waals surface area contributed by atoms with E-state index in [1.54, 1.807) is 42.5 Å². The standard InChI is InChI=1S/C22H15NO6/c24-21(15-10-16-6-2-1-3-7-16)29-22(25)28-20-9-5-4-8-19(20)17-11-13-18(14-12-17)23(26)27/h1-15H. The maximum absolute atomic E-state index is 12.0. The van der Waals surface area contributed by atoms with E-state index < -0.39 is 17.0 Å². The van der Waals surface area contributed by atoms with Crippen LogP contribution in [0, 0.1) is 10.1 Å². The van der Waals surface area contributed by atoms with Crippen LogP contribution in [0.5, 0.6) is 5.75 Å². The Kier molecular flexibility index (Phi) is 6.12. The maximum atomic E-state index is 12.0. The third-order valence-electron chi connectivity index (χ3n) is 3.86. The molecule has 144 valence electrons. The van der Waals surface area contributed by atoms with Crippen molar-refractivity contribution in [3.05, 3.63) is 101 Å².